The van der Waals surface area contributed by atoms with Crippen molar-refractivity contribution < 1.29 is 9.53 Å². The van der Waals surface area contributed by atoms with Gasteiger partial charge in [-0.3, -0.25) is 4.98 Å². The first kappa shape index (κ1) is 18.7. The Kier molecular flexibility index (Phi) is 6.60. The molecular weight excluding hydrogens is 302 g/mol. The largest absolute Gasteiger partial charge is 0.444 e. The lowest BCUT2D eigenvalue weighted by Gasteiger charge is -2.27. The summed E-state index contributed by atoms with van der Waals surface area (Å²) < 4.78 is 5.50. The van der Waals surface area contributed by atoms with Crippen molar-refractivity contribution in [3.05, 3.63) is 30.1 Å². The molecule has 1 aliphatic heterocycles. The summed E-state index contributed by atoms with van der Waals surface area (Å²) in [4.78, 5) is 18.2. The van der Waals surface area contributed by atoms with Gasteiger partial charge in [-0.15, -0.1) is 0 Å². The van der Waals surface area contributed by atoms with Crippen LogP contribution >= 0.6 is 0 Å². The molecule has 1 aromatic rings. The molecule has 0 saturated carbocycles. The van der Waals surface area contributed by atoms with E-state index in [2.05, 4.69) is 29.4 Å². The van der Waals surface area contributed by atoms with E-state index in [0.717, 1.165) is 38.8 Å². The maximum Gasteiger partial charge on any atom is 0.410 e. The minimum absolute atomic E-state index is 0.190. The maximum absolute atomic E-state index is 12.2. The van der Waals surface area contributed by atoms with Crippen LogP contribution in [0.1, 0.15) is 65.0 Å². The van der Waals surface area contributed by atoms with Crippen LogP contribution in [0.2, 0.25) is 0 Å². The highest BCUT2D eigenvalue weighted by atomic mass is 16.6. The normalized spacial score (nSPS) is 20.3. The van der Waals surface area contributed by atoms with Crippen molar-refractivity contribution in [2.75, 3.05) is 13.1 Å². The van der Waals surface area contributed by atoms with E-state index in [1.54, 1.807) is 0 Å². The standard InChI is InChI=1S/C19H31N3O2/c1-5-17(15-8-11-20-12-9-15)21-16-7-6-13-22(14-10-16)18(23)24-19(2,3)4/h8-9,11-12,16-17,21H,5-7,10,13-14H2,1-4H3. The van der Waals surface area contributed by atoms with E-state index in [1.807, 2.05) is 38.1 Å². The summed E-state index contributed by atoms with van der Waals surface area (Å²) in [5, 5.41) is 3.76. The fourth-order valence-electron chi connectivity index (χ4n) is 3.10. The average Bonchev–Trinajstić information content (AvgIpc) is 2.77. The molecule has 1 saturated heterocycles. The second-order valence-corrected chi connectivity index (χ2v) is 7.50. The van der Waals surface area contributed by atoms with Gasteiger partial charge in [-0.1, -0.05) is 6.92 Å². The highest BCUT2D eigenvalue weighted by Crippen LogP contribution is 2.21. The van der Waals surface area contributed by atoms with Crippen molar-refractivity contribution in [3.63, 3.8) is 0 Å². The molecule has 5 nitrogen and oxygen atoms in total. The van der Waals surface area contributed by atoms with Crippen LogP contribution in [-0.2, 0) is 4.74 Å². The van der Waals surface area contributed by atoms with E-state index < -0.39 is 5.60 Å². The molecule has 1 fully saturated rings. The lowest BCUT2D eigenvalue weighted by Crippen LogP contribution is -2.38. The lowest BCUT2D eigenvalue weighted by molar-refractivity contribution is 0.0256. The van der Waals surface area contributed by atoms with Crippen molar-refractivity contribution >= 4 is 6.09 Å². The van der Waals surface area contributed by atoms with Crippen molar-refractivity contribution in [1.82, 2.24) is 15.2 Å². The summed E-state index contributed by atoms with van der Waals surface area (Å²) in [5.74, 6) is 0. The first-order valence-corrected chi connectivity index (χ1v) is 9.03. The lowest BCUT2D eigenvalue weighted by atomic mass is 10.0. The molecule has 1 N–H and O–H groups in total. The molecule has 2 atom stereocenters. The van der Waals surface area contributed by atoms with Crippen LogP contribution in [0.4, 0.5) is 4.79 Å². The third-order valence-corrected chi connectivity index (χ3v) is 4.33. The smallest absolute Gasteiger partial charge is 0.410 e. The molecule has 2 unspecified atom stereocenters. The summed E-state index contributed by atoms with van der Waals surface area (Å²) in [6.07, 6.45) is 7.58. The third-order valence-electron chi connectivity index (χ3n) is 4.33. The van der Waals surface area contributed by atoms with Crippen molar-refractivity contribution in [2.24, 2.45) is 0 Å². The number of aromatic nitrogens is 1. The summed E-state index contributed by atoms with van der Waals surface area (Å²) in [6, 6.07) is 4.91. The van der Waals surface area contributed by atoms with Gasteiger partial charge in [-0.25, -0.2) is 4.79 Å². The van der Waals surface area contributed by atoms with Gasteiger partial charge in [0.1, 0.15) is 5.60 Å². The second kappa shape index (κ2) is 8.47. The molecule has 0 bridgehead atoms. The number of nitrogens with one attached hydrogen (secondary N) is 1. The zero-order chi connectivity index (χ0) is 17.6. The first-order chi connectivity index (χ1) is 11.4. The second-order valence-electron chi connectivity index (χ2n) is 7.50. The van der Waals surface area contributed by atoms with Crippen LogP contribution in [0.3, 0.4) is 0 Å². The zero-order valence-electron chi connectivity index (χ0n) is 15.4. The quantitative estimate of drug-likeness (QED) is 0.907. The van der Waals surface area contributed by atoms with Crippen LogP contribution in [0, 0.1) is 0 Å². The molecule has 5 heteroatoms. The molecule has 1 aliphatic rings. The Labute approximate surface area is 145 Å². The van der Waals surface area contributed by atoms with Gasteiger partial charge in [0, 0.05) is 37.6 Å². The zero-order valence-corrected chi connectivity index (χ0v) is 15.4. The van der Waals surface area contributed by atoms with Gasteiger partial charge < -0.3 is 15.0 Å². The fourth-order valence-corrected chi connectivity index (χ4v) is 3.10. The molecule has 24 heavy (non-hydrogen) atoms. The van der Waals surface area contributed by atoms with E-state index in [4.69, 9.17) is 4.74 Å². The number of carbonyl (C=O) groups excluding carboxylic acids is 1. The number of ether oxygens (including phenoxy) is 1. The van der Waals surface area contributed by atoms with Gasteiger partial charge in [0.2, 0.25) is 0 Å². The predicted octanol–water partition coefficient (Wildman–Crippen LogP) is 3.91. The van der Waals surface area contributed by atoms with Gasteiger partial charge in [0.25, 0.3) is 0 Å². The van der Waals surface area contributed by atoms with E-state index in [1.165, 1.54) is 5.56 Å². The first-order valence-electron chi connectivity index (χ1n) is 9.03. The maximum atomic E-state index is 12.2. The van der Waals surface area contributed by atoms with Crippen LogP contribution < -0.4 is 5.32 Å². The summed E-state index contributed by atoms with van der Waals surface area (Å²) in [5.41, 5.74) is 0.844. The number of rotatable bonds is 4. The Hall–Kier alpha value is -1.62. The SMILES string of the molecule is CCC(NC1CCCN(C(=O)OC(C)(C)C)CC1)c1ccncc1. The number of nitrogens with zero attached hydrogens (tertiary/aromatic N) is 2. The van der Waals surface area contributed by atoms with E-state index >= 15 is 0 Å². The highest BCUT2D eigenvalue weighted by molar-refractivity contribution is 5.68. The molecule has 2 heterocycles. The Bertz CT molecular complexity index is 513. The summed E-state index contributed by atoms with van der Waals surface area (Å²) >= 11 is 0. The summed E-state index contributed by atoms with van der Waals surface area (Å²) in [6.45, 7) is 9.45. The van der Waals surface area contributed by atoms with Crippen LogP contribution in [0.15, 0.2) is 24.5 Å². The Morgan fingerprint density at radius 2 is 2.04 bits per heavy atom. The number of hydrogen-bond acceptors (Lipinski definition) is 4. The third kappa shape index (κ3) is 5.78. The number of pyridine rings is 1. The van der Waals surface area contributed by atoms with Gasteiger partial charge in [-0.2, -0.15) is 0 Å². The molecule has 134 valence electrons. The molecule has 1 aromatic heterocycles. The number of carbonyl (C=O) groups is 1. The van der Waals surface area contributed by atoms with Gasteiger partial charge in [0.05, 0.1) is 0 Å². The highest BCUT2D eigenvalue weighted by Gasteiger charge is 2.26. The van der Waals surface area contributed by atoms with Crippen molar-refractivity contribution in [3.8, 4) is 0 Å². The topological polar surface area (TPSA) is 54.5 Å². The Morgan fingerprint density at radius 3 is 2.67 bits per heavy atom. The molecule has 0 spiro atoms. The predicted molar refractivity (Wildman–Crippen MR) is 95.9 cm³/mol. The van der Waals surface area contributed by atoms with Crippen molar-refractivity contribution in [2.45, 2.75) is 71.1 Å². The monoisotopic (exact) mass is 333 g/mol. The molecule has 2 rings (SSSR count). The molecule has 0 radical (unpaired) electrons. The van der Waals surface area contributed by atoms with Crippen LogP contribution in [0.25, 0.3) is 0 Å². The Balaban J connectivity index is 1.89. The van der Waals surface area contributed by atoms with Gasteiger partial charge >= 0.3 is 6.09 Å². The van der Waals surface area contributed by atoms with Crippen LogP contribution in [-0.4, -0.2) is 40.7 Å². The molecule has 1 amide bonds. The van der Waals surface area contributed by atoms with Gasteiger partial charge in [-0.05, 0) is 64.2 Å². The number of amides is 1. The summed E-state index contributed by atoms with van der Waals surface area (Å²) in [7, 11) is 0. The minimum Gasteiger partial charge on any atom is -0.444 e. The fraction of sp³-hybridized carbons (Fsp3) is 0.684. The van der Waals surface area contributed by atoms with Crippen LogP contribution in [0.5, 0.6) is 0 Å². The molecule has 0 aromatic carbocycles. The van der Waals surface area contributed by atoms with Gasteiger partial charge in [0.15, 0.2) is 0 Å². The molecular formula is C19H31N3O2. The van der Waals surface area contributed by atoms with E-state index in [9.17, 15) is 4.79 Å². The van der Waals surface area contributed by atoms with E-state index in [0.29, 0.717) is 12.1 Å². The minimum atomic E-state index is -0.435. The number of likely N-dealkylation sites (tertiary alicyclic amines) is 1. The van der Waals surface area contributed by atoms with Crippen molar-refractivity contribution in [1.29, 1.82) is 0 Å². The van der Waals surface area contributed by atoms with E-state index in [-0.39, 0.29) is 6.09 Å². The molecule has 0 aliphatic carbocycles. The number of hydrogen-bond donors (Lipinski definition) is 1. The Morgan fingerprint density at radius 1 is 1.33 bits per heavy atom. The average molecular weight is 333 g/mol.